The van der Waals surface area contributed by atoms with Crippen LogP contribution < -0.4 is 5.43 Å². The van der Waals surface area contributed by atoms with Crippen molar-refractivity contribution in [3.8, 4) is 0 Å². The number of hydrogen-bond acceptors (Lipinski definition) is 4. The lowest BCUT2D eigenvalue weighted by Gasteiger charge is -2.13. The fourth-order valence-corrected chi connectivity index (χ4v) is 1.44. The van der Waals surface area contributed by atoms with E-state index < -0.39 is 0 Å². The molecular formula is C8H9N3O2. The minimum atomic E-state index is -0.383. The maximum Gasteiger partial charge on any atom is 0.269 e. The minimum Gasteiger partial charge on any atom is -0.318 e. The van der Waals surface area contributed by atoms with E-state index in [1.165, 1.54) is 6.08 Å². The molecular weight excluding hydrogens is 170 g/mol. The molecule has 1 atom stereocenters. The molecule has 0 aromatic rings. The van der Waals surface area contributed by atoms with Crippen molar-refractivity contribution in [1.82, 2.24) is 10.4 Å². The maximum absolute atomic E-state index is 10.4. The Hall–Kier alpha value is -1.62. The SMILES string of the molecule is CN1C=C2C=C([N+](=O)[O-])C=C[C@H]2N1. The lowest BCUT2D eigenvalue weighted by Crippen LogP contribution is -2.32. The lowest BCUT2D eigenvalue weighted by atomic mass is 10.0. The third kappa shape index (κ3) is 1.33. The van der Waals surface area contributed by atoms with E-state index in [-0.39, 0.29) is 16.7 Å². The average Bonchev–Trinajstić information content (AvgIpc) is 2.42. The van der Waals surface area contributed by atoms with Crippen molar-refractivity contribution >= 4 is 0 Å². The second-order valence-electron chi connectivity index (χ2n) is 3.03. The number of fused-ring (bicyclic) bond motifs is 1. The van der Waals surface area contributed by atoms with E-state index in [0.29, 0.717) is 0 Å². The van der Waals surface area contributed by atoms with Gasteiger partial charge in [-0.25, -0.2) is 5.43 Å². The van der Waals surface area contributed by atoms with Gasteiger partial charge in [0.1, 0.15) is 0 Å². The quantitative estimate of drug-likeness (QED) is 0.468. The summed E-state index contributed by atoms with van der Waals surface area (Å²) in [7, 11) is 1.86. The number of nitro groups is 1. The van der Waals surface area contributed by atoms with E-state index >= 15 is 0 Å². The van der Waals surface area contributed by atoms with Crippen LogP contribution >= 0.6 is 0 Å². The monoisotopic (exact) mass is 179 g/mol. The van der Waals surface area contributed by atoms with Crippen LogP contribution in [0.2, 0.25) is 0 Å². The summed E-state index contributed by atoms with van der Waals surface area (Å²) < 4.78 is 0. The number of hydrogen-bond donors (Lipinski definition) is 1. The van der Waals surface area contributed by atoms with Gasteiger partial charge in [-0.2, -0.15) is 0 Å². The Balaban J connectivity index is 2.30. The normalized spacial score (nSPS) is 25.3. The summed E-state index contributed by atoms with van der Waals surface area (Å²) in [6.07, 6.45) is 6.74. The predicted octanol–water partition coefficient (Wildman–Crippen LogP) is 0.419. The van der Waals surface area contributed by atoms with Gasteiger partial charge in [0.05, 0.1) is 11.0 Å². The van der Waals surface area contributed by atoms with Gasteiger partial charge in [0.2, 0.25) is 0 Å². The van der Waals surface area contributed by atoms with E-state index in [2.05, 4.69) is 5.43 Å². The van der Waals surface area contributed by atoms with Gasteiger partial charge in [-0.15, -0.1) is 0 Å². The first-order chi connectivity index (χ1) is 6.16. The highest BCUT2D eigenvalue weighted by Crippen LogP contribution is 2.21. The zero-order valence-electron chi connectivity index (χ0n) is 7.10. The lowest BCUT2D eigenvalue weighted by molar-refractivity contribution is -0.419. The number of rotatable bonds is 1. The van der Waals surface area contributed by atoms with Crippen molar-refractivity contribution < 1.29 is 4.92 Å². The molecule has 1 heterocycles. The molecule has 0 fully saturated rings. The van der Waals surface area contributed by atoms with Gasteiger partial charge >= 0.3 is 0 Å². The van der Waals surface area contributed by atoms with Crippen LogP contribution in [-0.2, 0) is 0 Å². The largest absolute Gasteiger partial charge is 0.318 e. The topological polar surface area (TPSA) is 58.4 Å². The van der Waals surface area contributed by atoms with Crippen LogP contribution in [0.15, 0.2) is 35.7 Å². The molecule has 1 aliphatic heterocycles. The van der Waals surface area contributed by atoms with Gasteiger partial charge in [-0.1, -0.05) is 6.08 Å². The number of nitrogens with zero attached hydrogens (tertiary/aromatic N) is 2. The van der Waals surface area contributed by atoms with Crippen molar-refractivity contribution in [2.45, 2.75) is 6.04 Å². The minimum absolute atomic E-state index is 0.0914. The molecule has 0 unspecified atom stereocenters. The van der Waals surface area contributed by atoms with Crippen LogP contribution in [-0.4, -0.2) is 23.0 Å². The summed E-state index contributed by atoms with van der Waals surface area (Å²) >= 11 is 0. The molecule has 0 amide bonds. The standard InChI is InChI=1S/C8H9N3O2/c1-10-5-6-4-7(11(12)13)2-3-8(6)9-10/h2-5,8-9H,1H3/t8-/m1/s1. The first-order valence-electron chi connectivity index (χ1n) is 3.92. The van der Waals surface area contributed by atoms with Gasteiger partial charge < -0.3 is 5.01 Å². The Bertz CT molecular complexity index is 343. The van der Waals surface area contributed by atoms with E-state index in [9.17, 15) is 10.1 Å². The molecule has 0 saturated carbocycles. The zero-order valence-corrected chi connectivity index (χ0v) is 7.10. The van der Waals surface area contributed by atoms with E-state index in [1.807, 2.05) is 13.2 Å². The molecule has 1 N–H and O–H groups in total. The molecule has 68 valence electrons. The molecule has 0 aromatic heterocycles. The highest BCUT2D eigenvalue weighted by atomic mass is 16.6. The third-order valence-corrected chi connectivity index (χ3v) is 2.03. The summed E-state index contributed by atoms with van der Waals surface area (Å²) in [6.45, 7) is 0. The zero-order chi connectivity index (χ0) is 9.42. The average molecular weight is 179 g/mol. The molecule has 2 aliphatic rings. The molecule has 1 aliphatic carbocycles. The third-order valence-electron chi connectivity index (χ3n) is 2.03. The second-order valence-corrected chi connectivity index (χ2v) is 3.03. The number of hydrazine groups is 1. The van der Waals surface area contributed by atoms with E-state index in [1.54, 1.807) is 17.2 Å². The van der Waals surface area contributed by atoms with Gasteiger partial charge in [-0.05, 0) is 5.57 Å². The van der Waals surface area contributed by atoms with E-state index in [0.717, 1.165) is 5.57 Å². The summed E-state index contributed by atoms with van der Waals surface area (Å²) in [5.41, 5.74) is 4.17. The maximum atomic E-state index is 10.4. The highest BCUT2D eigenvalue weighted by Gasteiger charge is 2.24. The Kier molecular flexibility index (Phi) is 1.66. The summed E-state index contributed by atoms with van der Waals surface area (Å²) in [4.78, 5) is 10.1. The van der Waals surface area contributed by atoms with Crippen molar-refractivity contribution in [3.05, 3.63) is 45.8 Å². The second kappa shape index (κ2) is 2.70. The summed E-state index contributed by atoms with van der Waals surface area (Å²) in [5.74, 6) is 0. The Morgan fingerprint density at radius 3 is 3.15 bits per heavy atom. The van der Waals surface area contributed by atoms with E-state index in [4.69, 9.17) is 0 Å². The Morgan fingerprint density at radius 1 is 1.69 bits per heavy atom. The molecule has 5 heteroatoms. The molecule has 2 rings (SSSR count). The fraction of sp³-hybridized carbons (Fsp3) is 0.250. The Labute approximate surface area is 75.1 Å². The first kappa shape index (κ1) is 8.00. The molecule has 0 spiro atoms. The van der Waals surface area contributed by atoms with Crippen molar-refractivity contribution in [1.29, 1.82) is 0 Å². The van der Waals surface area contributed by atoms with Crippen LogP contribution in [0, 0.1) is 10.1 Å². The number of nitrogens with one attached hydrogen (secondary N) is 1. The van der Waals surface area contributed by atoms with Crippen molar-refractivity contribution in [2.75, 3.05) is 7.05 Å². The molecule has 0 radical (unpaired) electrons. The summed E-state index contributed by atoms with van der Waals surface area (Å²) in [6, 6.07) is 0.0914. The van der Waals surface area contributed by atoms with Crippen molar-refractivity contribution in [3.63, 3.8) is 0 Å². The van der Waals surface area contributed by atoms with Crippen molar-refractivity contribution in [2.24, 2.45) is 0 Å². The van der Waals surface area contributed by atoms with Crippen LogP contribution in [0.25, 0.3) is 0 Å². The number of allylic oxidation sites excluding steroid dienone is 1. The molecule has 5 nitrogen and oxygen atoms in total. The highest BCUT2D eigenvalue weighted by molar-refractivity contribution is 5.40. The molecule has 13 heavy (non-hydrogen) atoms. The van der Waals surface area contributed by atoms with Gasteiger partial charge in [0, 0.05) is 25.4 Å². The van der Waals surface area contributed by atoms with Gasteiger partial charge in [0.15, 0.2) is 0 Å². The molecule has 0 saturated heterocycles. The van der Waals surface area contributed by atoms with Crippen LogP contribution in [0.5, 0.6) is 0 Å². The first-order valence-corrected chi connectivity index (χ1v) is 3.92. The summed E-state index contributed by atoms with van der Waals surface area (Å²) in [5, 5.41) is 12.2. The van der Waals surface area contributed by atoms with Crippen LogP contribution in [0.1, 0.15) is 0 Å². The fourth-order valence-electron chi connectivity index (χ4n) is 1.44. The predicted molar refractivity (Wildman–Crippen MR) is 47.0 cm³/mol. The Morgan fingerprint density at radius 2 is 2.46 bits per heavy atom. The van der Waals surface area contributed by atoms with Gasteiger partial charge in [-0.3, -0.25) is 10.1 Å². The van der Waals surface area contributed by atoms with Gasteiger partial charge in [0.25, 0.3) is 5.70 Å². The smallest absolute Gasteiger partial charge is 0.269 e. The van der Waals surface area contributed by atoms with Crippen LogP contribution in [0.3, 0.4) is 0 Å². The van der Waals surface area contributed by atoms with Crippen LogP contribution in [0.4, 0.5) is 0 Å². The molecule has 0 aromatic carbocycles. The molecule has 0 bridgehead atoms.